The number of halogens is 4. The van der Waals surface area contributed by atoms with Crippen LogP contribution < -0.4 is 0 Å². The molecule has 18 heavy (non-hydrogen) atoms. The molecule has 0 saturated heterocycles. The monoisotopic (exact) mass is 262 g/mol. The Labute approximate surface area is 99.8 Å². The molecule has 1 heterocycles. The van der Waals surface area contributed by atoms with Gasteiger partial charge in [0.25, 0.3) is 0 Å². The molecular weight excluding hydrogens is 252 g/mol. The SMILES string of the molecule is OC(CCC(F)(F)F)c1cc2cc(F)ccc2o1. The quantitative estimate of drug-likeness (QED) is 0.850. The normalized spacial score (nSPS) is 14.1. The molecule has 0 spiro atoms. The van der Waals surface area contributed by atoms with Crippen LogP contribution in [0.2, 0.25) is 0 Å². The second kappa shape index (κ2) is 4.61. The molecule has 1 aromatic carbocycles. The fraction of sp³-hybridized carbons (Fsp3) is 0.333. The maximum absolute atomic E-state index is 12.9. The fourth-order valence-electron chi connectivity index (χ4n) is 1.64. The Morgan fingerprint density at radius 3 is 2.61 bits per heavy atom. The predicted molar refractivity (Wildman–Crippen MR) is 56.4 cm³/mol. The zero-order chi connectivity index (χ0) is 13.3. The number of aliphatic hydroxyl groups excluding tert-OH is 1. The molecule has 1 atom stereocenters. The standard InChI is InChI=1S/C12H10F4O2/c13-8-1-2-10-7(5-8)6-11(18-10)9(17)3-4-12(14,15)16/h1-2,5-6,9,17H,3-4H2. The van der Waals surface area contributed by atoms with Gasteiger partial charge in [0.1, 0.15) is 23.3 Å². The van der Waals surface area contributed by atoms with E-state index in [9.17, 15) is 22.7 Å². The summed E-state index contributed by atoms with van der Waals surface area (Å²) in [6.07, 6.45) is -7.24. The minimum Gasteiger partial charge on any atom is -0.458 e. The molecule has 0 fully saturated rings. The van der Waals surface area contributed by atoms with Crippen molar-refractivity contribution in [1.82, 2.24) is 0 Å². The van der Waals surface area contributed by atoms with Crippen molar-refractivity contribution < 1.29 is 27.1 Å². The lowest BCUT2D eigenvalue weighted by atomic mass is 10.1. The number of fused-ring (bicyclic) bond motifs is 1. The molecule has 2 nitrogen and oxygen atoms in total. The van der Waals surface area contributed by atoms with Crippen LogP contribution in [0.4, 0.5) is 17.6 Å². The third kappa shape index (κ3) is 3.01. The minimum absolute atomic E-state index is 0.0138. The lowest BCUT2D eigenvalue weighted by Crippen LogP contribution is -2.09. The van der Waals surface area contributed by atoms with Gasteiger partial charge in [-0.3, -0.25) is 0 Å². The summed E-state index contributed by atoms with van der Waals surface area (Å²) in [5, 5.41) is 9.98. The molecule has 6 heteroatoms. The molecule has 2 aromatic rings. The predicted octanol–water partition coefficient (Wildman–Crippen LogP) is 3.95. The van der Waals surface area contributed by atoms with E-state index in [4.69, 9.17) is 4.42 Å². The van der Waals surface area contributed by atoms with Gasteiger partial charge in [0.2, 0.25) is 0 Å². The van der Waals surface area contributed by atoms with Crippen LogP contribution in [-0.4, -0.2) is 11.3 Å². The average molecular weight is 262 g/mol. The summed E-state index contributed by atoms with van der Waals surface area (Å²) in [5.41, 5.74) is 0.331. The third-order valence-corrected chi connectivity index (χ3v) is 2.53. The van der Waals surface area contributed by atoms with Gasteiger partial charge in [0, 0.05) is 11.8 Å². The van der Waals surface area contributed by atoms with Crippen LogP contribution >= 0.6 is 0 Å². The van der Waals surface area contributed by atoms with Gasteiger partial charge in [0.15, 0.2) is 0 Å². The van der Waals surface area contributed by atoms with E-state index in [1.165, 1.54) is 24.3 Å². The zero-order valence-electron chi connectivity index (χ0n) is 9.17. The molecule has 2 rings (SSSR count). The highest BCUT2D eigenvalue weighted by atomic mass is 19.4. The highest BCUT2D eigenvalue weighted by molar-refractivity contribution is 5.77. The number of furan rings is 1. The number of rotatable bonds is 3. The average Bonchev–Trinajstić information content (AvgIpc) is 2.67. The van der Waals surface area contributed by atoms with E-state index in [2.05, 4.69) is 0 Å². The maximum atomic E-state index is 12.9. The topological polar surface area (TPSA) is 33.4 Å². The van der Waals surface area contributed by atoms with E-state index in [0.717, 1.165) is 0 Å². The zero-order valence-corrected chi connectivity index (χ0v) is 9.17. The Bertz CT molecular complexity index is 544. The van der Waals surface area contributed by atoms with Gasteiger partial charge in [-0.05, 0) is 30.7 Å². The first-order chi connectivity index (χ1) is 8.35. The molecule has 0 aliphatic rings. The van der Waals surface area contributed by atoms with Crippen molar-refractivity contribution in [3.63, 3.8) is 0 Å². The van der Waals surface area contributed by atoms with Gasteiger partial charge in [-0.15, -0.1) is 0 Å². The summed E-state index contributed by atoms with van der Waals surface area (Å²) >= 11 is 0. The molecule has 0 amide bonds. The van der Waals surface area contributed by atoms with Crippen molar-refractivity contribution in [1.29, 1.82) is 0 Å². The lowest BCUT2D eigenvalue weighted by Gasteiger charge is -2.09. The van der Waals surface area contributed by atoms with E-state index in [1.807, 2.05) is 0 Å². The number of hydrogen-bond donors (Lipinski definition) is 1. The molecular formula is C12H10F4O2. The van der Waals surface area contributed by atoms with Crippen molar-refractivity contribution in [3.05, 3.63) is 35.8 Å². The summed E-state index contributed by atoms with van der Waals surface area (Å²) in [5.74, 6) is -0.459. The third-order valence-electron chi connectivity index (χ3n) is 2.53. The van der Waals surface area contributed by atoms with E-state index in [1.54, 1.807) is 0 Å². The van der Waals surface area contributed by atoms with E-state index in [0.29, 0.717) is 11.0 Å². The number of hydrogen-bond acceptors (Lipinski definition) is 2. The second-order valence-corrected chi connectivity index (χ2v) is 4.00. The number of aliphatic hydroxyl groups is 1. The van der Waals surface area contributed by atoms with Crippen LogP contribution in [0.25, 0.3) is 11.0 Å². The Hall–Kier alpha value is -1.56. The van der Waals surface area contributed by atoms with E-state index in [-0.39, 0.29) is 5.76 Å². The van der Waals surface area contributed by atoms with Crippen LogP contribution in [0.5, 0.6) is 0 Å². The van der Waals surface area contributed by atoms with Crippen molar-refractivity contribution in [2.45, 2.75) is 25.1 Å². The molecule has 1 unspecified atom stereocenters. The first kappa shape index (κ1) is 12.9. The van der Waals surface area contributed by atoms with Crippen LogP contribution in [0.3, 0.4) is 0 Å². The van der Waals surface area contributed by atoms with Crippen molar-refractivity contribution in [2.75, 3.05) is 0 Å². The molecule has 1 aromatic heterocycles. The highest BCUT2D eigenvalue weighted by Gasteiger charge is 2.29. The van der Waals surface area contributed by atoms with E-state index >= 15 is 0 Å². The Kier molecular flexibility index (Phi) is 3.30. The number of benzene rings is 1. The van der Waals surface area contributed by atoms with Gasteiger partial charge < -0.3 is 9.52 Å². The molecule has 1 N–H and O–H groups in total. The van der Waals surface area contributed by atoms with Crippen molar-refractivity contribution in [2.24, 2.45) is 0 Å². The summed E-state index contributed by atoms with van der Waals surface area (Å²) in [7, 11) is 0. The lowest BCUT2D eigenvalue weighted by molar-refractivity contribution is -0.140. The van der Waals surface area contributed by atoms with Crippen LogP contribution in [0.15, 0.2) is 28.7 Å². The van der Waals surface area contributed by atoms with Gasteiger partial charge in [-0.25, -0.2) is 4.39 Å². The first-order valence-electron chi connectivity index (χ1n) is 5.29. The molecule has 0 bridgehead atoms. The maximum Gasteiger partial charge on any atom is 0.389 e. The Morgan fingerprint density at radius 2 is 1.94 bits per heavy atom. The highest BCUT2D eigenvalue weighted by Crippen LogP contribution is 2.30. The van der Waals surface area contributed by atoms with Gasteiger partial charge in [-0.2, -0.15) is 13.2 Å². The minimum atomic E-state index is -4.32. The summed E-state index contributed by atoms with van der Waals surface area (Å²) in [4.78, 5) is 0. The van der Waals surface area contributed by atoms with Crippen molar-refractivity contribution in [3.8, 4) is 0 Å². The first-order valence-corrected chi connectivity index (χ1v) is 5.29. The van der Waals surface area contributed by atoms with Gasteiger partial charge in [-0.1, -0.05) is 0 Å². The van der Waals surface area contributed by atoms with Crippen LogP contribution in [-0.2, 0) is 0 Å². The number of alkyl halides is 3. The summed E-state index contributed by atoms with van der Waals surface area (Å²) in [6.45, 7) is 0. The Morgan fingerprint density at radius 1 is 1.22 bits per heavy atom. The summed E-state index contributed by atoms with van der Waals surface area (Å²) < 4.78 is 54.1. The van der Waals surface area contributed by atoms with Crippen molar-refractivity contribution >= 4 is 11.0 Å². The molecule has 0 radical (unpaired) electrons. The van der Waals surface area contributed by atoms with E-state index < -0.39 is 30.9 Å². The molecule has 98 valence electrons. The van der Waals surface area contributed by atoms with Crippen LogP contribution in [0.1, 0.15) is 24.7 Å². The molecule has 0 aliphatic carbocycles. The smallest absolute Gasteiger partial charge is 0.389 e. The fourth-order valence-corrected chi connectivity index (χ4v) is 1.64. The Balaban J connectivity index is 2.15. The molecule has 0 saturated carbocycles. The second-order valence-electron chi connectivity index (χ2n) is 4.00. The van der Waals surface area contributed by atoms with Crippen LogP contribution in [0, 0.1) is 5.82 Å². The molecule has 0 aliphatic heterocycles. The largest absolute Gasteiger partial charge is 0.458 e. The van der Waals surface area contributed by atoms with Gasteiger partial charge >= 0.3 is 6.18 Å². The summed E-state index contributed by atoms with van der Waals surface area (Å²) in [6, 6.07) is 5.08. The van der Waals surface area contributed by atoms with Gasteiger partial charge in [0.05, 0.1) is 0 Å².